The van der Waals surface area contributed by atoms with Crippen molar-refractivity contribution in [2.75, 3.05) is 0 Å². The molecule has 4 aliphatic carbocycles. The molecule has 214 valence electrons. The van der Waals surface area contributed by atoms with Gasteiger partial charge in [-0.25, -0.2) is 0 Å². The highest BCUT2D eigenvalue weighted by Gasteiger charge is 2.68. The van der Waals surface area contributed by atoms with E-state index in [1.54, 1.807) is 0 Å². The Morgan fingerprint density at radius 1 is 1.00 bits per heavy atom. The Bertz CT molecular complexity index is 1020. The summed E-state index contributed by atoms with van der Waals surface area (Å²) < 4.78 is 13.7. The van der Waals surface area contributed by atoms with Crippen LogP contribution in [0.25, 0.3) is 0 Å². The normalized spacial score (nSPS) is 45.5. The summed E-state index contributed by atoms with van der Waals surface area (Å²) in [7, 11) is 0. The predicted octanol–water partition coefficient (Wildman–Crippen LogP) is 6.79. The number of hydrogen-bond donors (Lipinski definition) is 2. The Hall–Kier alpha value is -0.910. The zero-order valence-corrected chi connectivity index (χ0v) is 25.3. The molecule has 1 unspecified atom stereocenters. The van der Waals surface area contributed by atoms with E-state index in [9.17, 15) is 5.11 Å². The number of aromatic amines is 1. The van der Waals surface area contributed by atoms with Gasteiger partial charge in [-0.05, 0) is 123 Å². The van der Waals surface area contributed by atoms with E-state index in [0.29, 0.717) is 47.3 Å². The van der Waals surface area contributed by atoms with Crippen LogP contribution >= 0.6 is 0 Å². The molecule has 2 N–H and O–H groups in total. The third-order valence-corrected chi connectivity index (χ3v) is 13.1. The predicted molar refractivity (Wildman–Crippen MR) is 150 cm³/mol. The lowest BCUT2D eigenvalue weighted by atomic mass is 9.43. The van der Waals surface area contributed by atoms with Crippen molar-refractivity contribution in [3.8, 4) is 0 Å². The van der Waals surface area contributed by atoms with Gasteiger partial charge in [0.25, 0.3) is 0 Å². The second kappa shape index (κ2) is 9.31. The summed E-state index contributed by atoms with van der Waals surface area (Å²) in [6.07, 6.45) is 11.5. The molecule has 2 heterocycles. The lowest BCUT2D eigenvalue weighted by molar-refractivity contribution is -0.175. The lowest BCUT2D eigenvalue weighted by Crippen LogP contribution is -2.63. The third kappa shape index (κ3) is 3.99. The van der Waals surface area contributed by atoms with Crippen LogP contribution in [-0.4, -0.2) is 39.4 Å². The molecule has 3 saturated carbocycles. The van der Waals surface area contributed by atoms with Crippen molar-refractivity contribution in [1.29, 1.82) is 0 Å². The number of aromatic nitrogens is 2. The summed E-state index contributed by atoms with van der Waals surface area (Å²) in [4.78, 5) is 0. The number of fused-ring (bicyclic) bond motifs is 9. The van der Waals surface area contributed by atoms with Gasteiger partial charge in [0.1, 0.15) is 0 Å². The van der Waals surface area contributed by atoms with Gasteiger partial charge in [0.15, 0.2) is 5.79 Å². The van der Waals surface area contributed by atoms with Gasteiger partial charge in [-0.15, -0.1) is 0 Å². The Kier molecular flexibility index (Phi) is 6.68. The highest BCUT2D eigenvalue weighted by atomic mass is 16.8. The summed E-state index contributed by atoms with van der Waals surface area (Å²) in [5.74, 6) is 3.92. The summed E-state index contributed by atoms with van der Waals surface area (Å²) in [6.45, 7) is 18.7. The maximum atomic E-state index is 11.5. The fourth-order valence-corrected chi connectivity index (χ4v) is 11.0. The monoisotopic (exact) mass is 526 g/mol. The number of aliphatic hydroxyl groups is 1. The van der Waals surface area contributed by atoms with Gasteiger partial charge in [-0.3, -0.25) is 5.10 Å². The van der Waals surface area contributed by atoms with E-state index in [-0.39, 0.29) is 29.1 Å². The average Bonchev–Trinajstić information content (AvgIpc) is 3.53. The zero-order chi connectivity index (χ0) is 27.2. The van der Waals surface area contributed by atoms with Gasteiger partial charge in [-0.2, -0.15) is 5.10 Å². The van der Waals surface area contributed by atoms with Crippen LogP contribution in [0.4, 0.5) is 0 Å². The van der Waals surface area contributed by atoms with Crippen LogP contribution in [0.15, 0.2) is 6.20 Å². The van der Waals surface area contributed by atoms with Crippen LogP contribution in [0.3, 0.4) is 0 Å². The molecule has 0 radical (unpaired) electrons. The van der Waals surface area contributed by atoms with Gasteiger partial charge in [-0.1, -0.05) is 48.0 Å². The average molecular weight is 527 g/mol. The molecule has 6 rings (SSSR count). The van der Waals surface area contributed by atoms with Crippen molar-refractivity contribution in [3.63, 3.8) is 0 Å². The quantitative estimate of drug-likeness (QED) is 0.428. The summed E-state index contributed by atoms with van der Waals surface area (Å²) in [5.41, 5.74) is 3.21. The second-order valence-electron chi connectivity index (χ2n) is 15.5. The Morgan fingerprint density at radius 2 is 1.71 bits per heavy atom. The minimum absolute atomic E-state index is 0.147. The molecule has 5 heteroatoms. The molecule has 38 heavy (non-hydrogen) atoms. The van der Waals surface area contributed by atoms with Crippen molar-refractivity contribution in [2.45, 2.75) is 131 Å². The fourth-order valence-electron chi connectivity index (χ4n) is 11.0. The smallest absolute Gasteiger partial charge is 0.163 e. The van der Waals surface area contributed by atoms with Gasteiger partial charge in [0.2, 0.25) is 0 Å². The fraction of sp³-hybridized carbons (Fsp3) is 0.909. The highest BCUT2D eigenvalue weighted by Crippen LogP contribution is 2.69. The van der Waals surface area contributed by atoms with Crippen LogP contribution in [0, 0.1) is 58.2 Å². The van der Waals surface area contributed by atoms with E-state index in [0.717, 1.165) is 25.7 Å². The number of rotatable bonds is 6. The number of nitrogens with one attached hydrogen (secondary N) is 1. The maximum absolute atomic E-state index is 11.5. The second-order valence-corrected chi connectivity index (χ2v) is 15.5. The standard InChI is InChI=1S/C33H54N2O3/c1-9-20(18(2)3)14-27(36)19(4)22-10-11-23-28-24(12-13-32(22,23)7)33(8)16-21-17-34-35-26(21)15-25(33)29-30(28)38-31(5,6)37-29/h17-20,22-25,27-30,36H,9-16H2,1-8H3,(H,34,35)/t19-,20+,22+,23-,24-,25+,27?,28-,29+,30+,32+,33+/m0/s1. The molecule has 0 bridgehead atoms. The number of hydrogen-bond acceptors (Lipinski definition) is 4. The molecule has 12 atom stereocenters. The van der Waals surface area contributed by atoms with Gasteiger partial charge in [0, 0.05) is 5.69 Å². The van der Waals surface area contributed by atoms with Gasteiger partial charge >= 0.3 is 0 Å². The minimum Gasteiger partial charge on any atom is -0.393 e. The van der Waals surface area contributed by atoms with Crippen LogP contribution in [0.5, 0.6) is 0 Å². The molecule has 5 nitrogen and oxygen atoms in total. The number of aliphatic hydroxyl groups excluding tert-OH is 1. The molecule has 0 spiro atoms. The molecule has 1 aromatic heterocycles. The zero-order valence-electron chi connectivity index (χ0n) is 25.3. The van der Waals surface area contributed by atoms with Crippen molar-refractivity contribution in [2.24, 2.45) is 58.2 Å². The van der Waals surface area contributed by atoms with E-state index in [2.05, 4.69) is 71.8 Å². The molecule has 1 saturated heterocycles. The van der Waals surface area contributed by atoms with Crippen LogP contribution in [0.2, 0.25) is 0 Å². The minimum atomic E-state index is -0.527. The first-order valence-corrected chi connectivity index (χ1v) is 15.9. The molecule has 1 aromatic rings. The number of nitrogens with zero attached hydrogens (tertiary/aromatic N) is 1. The van der Waals surface area contributed by atoms with Crippen molar-refractivity contribution >= 4 is 0 Å². The van der Waals surface area contributed by atoms with E-state index in [4.69, 9.17) is 9.47 Å². The summed E-state index contributed by atoms with van der Waals surface area (Å²) >= 11 is 0. The molecule has 5 aliphatic rings. The first-order chi connectivity index (χ1) is 17.9. The Balaban J connectivity index is 1.31. The largest absolute Gasteiger partial charge is 0.393 e. The van der Waals surface area contributed by atoms with Crippen LogP contribution in [0.1, 0.15) is 105 Å². The lowest BCUT2D eigenvalue weighted by Gasteiger charge is -2.63. The number of H-pyrrole nitrogens is 1. The van der Waals surface area contributed by atoms with E-state index in [1.165, 1.54) is 36.9 Å². The van der Waals surface area contributed by atoms with Crippen molar-refractivity contribution < 1.29 is 14.6 Å². The summed E-state index contributed by atoms with van der Waals surface area (Å²) in [6, 6.07) is 0. The first kappa shape index (κ1) is 27.3. The van der Waals surface area contributed by atoms with Crippen molar-refractivity contribution in [1.82, 2.24) is 10.2 Å². The topological polar surface area (TPSA) is 67.4 Å². The van der Waals surface area contributed by atoms with E-state index < -0.39 is 5.79 Å². The highest BCUT2D eigenvalue weighted by molar-refractivity contribution is 5.28. The SMILES string of the molecule is CC[C@H](CC(O)[C@@H](C)[C@H]1CC[C@H]2[C@@H]3[C@H]4OC(C)(C)O[C@@H]4[C@H]4Cc5[nH]ncc5C[C@]4(C)[C@H]3CC[C@]12C)C(C)C. The van der Waals surface area contributed by atoms with E-state index >= 15 is 0 Å². The first-order valence-electron chi connectivity index (χ1n) is 15.9. The van der Waals surface area contributed by atoms with Gasteiger partial charge in [0.05, 0.1) is 24.5 Å². The Labute approximate surface area is 231 Å². The van der Waals surface area contributed by atoms with Gasteiger partial charge < -0.3 is 14.6 Å². The molecular formula is C33H54N2O3. The third-order valence-electron chi connectivity index (χ3n) is 13.1. The molecule has 4 fully saturated rings. The molecule has 1 aliphatic heterocycles. The van der Waals surface area contributed by atoms with E-state index in [1.807, 2.05) is 0 Å². The van der Waals surface area contributed by atoms with Crippen LogP contribution < -0.4 is 0 Å². The summed E-state index contributed by atoms with van der Waals surface area (Å²) in [5, 5.41) is 19.2. The van der Waals surface area contributed by atoms with Crippen molar-refractivity contribution in [3.05, 3.63) is 17.5 Å². The number of ether oxygens (including phenoxy) is 2. The Morgan fingerprint density at radius 3 is 2.42 bits per heavy atom. The molecule has 0 aromatic carbocycles. The maximum Gasteiger partial charge on any atom is 0.163 e. The van der Waals surface area contributed by atoms with Crippen LogP contribution in [-0.2, 0) is 22.3 Å². The molecular weight excluding hydrogens is 472 g/mol. The molecule has 0 amide bonds.